The zero-order valence-electron chi connectivity index (χ0n) is 16.5. The van der Waals surface area contributed by atoms with Gasteiger partial charge in [-0.25, -0.2) is 8.42 Å². The Balaban J connectivity index is 1.67. The van der Waals surface area contributed by atoms with Crippen molar-refractivity contribution in [3.8, 4) is 5.75 Å². The largest absolute Gasteiger partial charge is 0.495 e. The van der Waals surface area contributed by atoms with Crippen LogP contribution in [0.15, 0.2) is 53.4 Å². The lowest BCUT2D eigenvalue weighted by Gasteiger charge is -2.26. The van der Waals surface area contributed by atoms with E-state index in [9.17, 15) is 13.2 Å². The van der Waals surface area contributed by atoms with E-state index in [0.717, 1.165) is 30.6 Å². The molecule has 0 bridgehead atoms. The summed E-state index contributed by atoms with van der Waals surface area (Å²) in [5.41, 5.74) is 1.52. The number of thioether (sulfide) groups is 1. The van der Waals surface area contributed by atoms with Crippen LogP contribution in [-0.4, -0.2) is 44.6 Å². The Labute approximate surface area is 176 Å². The highest BCUT2D eigenvalue weighted by molar-refractivity contribution is 7.99. The van der Waals surface area contributed by atoms with Crippen LogP contribution < -0.4 is 10.1 Å². The SMILES string of the molecule is COc1ccc(S(=O)(=O)N2CCCCC2)cc1NC(=O)CSCc1ccccc1. The first kappa shape index (κ1) is 21.7. The molecule has 6 nitrogen and oxygen atoms in total. The van der Waals surface area contributed by atoms with Crippen LogP contribution in [0.5, 0.6) is 5.75 Å². The molecule has 1 saturated heterocycles. The van der Waals surface area contributed by atoms with E-state index in [-0.39, 0.29) is 16.6 Å². The average molecular weight is 435 g/mol. The molecule has 0 spiro atoms. The van der Waals surface area contributed by atoms with Crippen LogP contribution in [-0.2, 0) is 20.6 Å². The molecule has 3 rings (SSSR count). The molecule has 0 atom stereocenters. The van der Waals surface area contributed by atoms with Crippen molar-refractivity contribution < 1.29 is 17.9 Å². The van der Waals surface area contributed by atoms with Gasteiger partial charge in [0.2, 0.25) is 15.9 Å². The molecule has 1 amide bonds. The van der Waals surface area contributed by atoms with E-state index in [2.05, 4.69) is 5.32 Å². The average Bonchev–Trinajstić information content (AvgIpc) is 2.75. The molecule has 1 aliphatic heterocycles. The minimum atomic E-state index is -3.58. The number of sulfonamides is 1. The normalized spacial score (nSPS) is 15.1. The van der Waals surface area contributed by atoms with Crippen LogP contribution in [0.4, 0.5) is 5.69 Å². The van der Waals surface area contributed by atoms with Crippen molar-refractivity contribution in [1.29, 1.82) is 0 Å². The number of piperidine rings is 1. The third kappa shape index (κ3) is 5.74. The van der Waals surface area contributed by atoms with Gasteiger partial charge in [0.1, 0.15) is 5.75 Å². The quantitative estimate of drug-likeness (QED) is 0.685. The van der Waals surface area contributed by atoms with Crippen LogP contribution in [0, 0.1) is 0 Å². The molecule has 1 aliphatic rings. The standard InChI is InChI=1S/C21H26N2O4S2/c1-27-20-11-10-18(29(25,26)23-12-6-3-7-13-23)14-19(20)22-21(24)16-28-15-17-8-4-2-5-9-17/h2,4-5,8-11,14H,3,6-7,12-13,15-16H2,1H3,(H,22,24). The number of nitrogens with zero attached hydrogens (tertiary/aromatic N) is 1. The number of benzene rings is 2. The maximum Gasteiger partial charge on any atom is 0.243 e. The number of nitrogens with one attached hydrogen (secondary N) is 1. The summed E-state index contributed by atoms with van der Waals surface area (Å²) < 4.78 is 32.7. The molecule has 1 N–H and O–H groups in total. The Morgan fingerprint density at radius 2 is 1.83 bits per heavy atom. The van der Waals surface area contributed by atoms with Crippen molar-refractivity contribution >= 4 is 33.4 Å². The number of carbonyl (C=O) groups excluding carboxylic acids is 1. The lowest BCUT2D eigenvalue weighted by atomic mass is 10.2. The maximum atomic E-state index is 12.9. The molecule has 2 aromatic rings. The summed E-state index contributed by atoms with van der Waals surface area (Å²) in [6, 6.07) is 14.5. The van der Waals surface area contributed by atoms with E-state index in [0.29, 0.717) is 24.5 Å². The topological polar surface area (TPSA) is 75.7 Å². The third-order valence-corrected chi connectivity index (χ3v) is 7.64. The van der Waals surface area contributed by atoms with Crippen LogP contribution in [0.25, 0.3) is 0 Å². The maximum absolute atomic E-state index is 12.9. The van der Waals surface area contributed by atoms with Crippen molar-refractivity contribution in [1.82, 2.24) is 4.31 Å². The third-order valence-electron chi connectivity index (χ3n) is 4.74. The van der Waals surface area contributed by atoms with Crippen molar-refractivity contribution in [3.05, 3.63) is 54.1 Å². The smallest absolute Gasteiger partial charge is 0.243 e. The summed E-state index contributed by atoms with van der Waals surface area (Å²) in [7, 11) is -2.08. The fraction of sp³-hybridized carbons (Fsp3) is 0.381. The monoisotopic (exact) mass is 434 g/mol. The second-order valence-corrected chi connectivity index (χ2v) is 9.78. The Bertz CT molecular complexity index is 927. The Morgan fingerprint density at radius 1 is 1.10 bits per heavy atom. The molecule has 156 valence electrons. The molecular weight excluding hydrogens is 408 g/mol. The Hall–Kier alpha value is -2.03. The molecule has 0 aromatic heterocycles. The minimum absolute atomic E-state index is 0.174. The van der Waals surface area contributed by atoms with Gasteiger partial charge in [-0.15, -0.1) is 11.8 Å². The van der Waals surface area contributed by atoms with E-state index < -0.39 is 10.0 Å². The summed E-state index contributed by atoms with van der Waals surface area (Å²) in [5.74, 6) is 1.23. The summed E-state index contributed by atoms with van der Waals surface area (Å²) in [6.45, 7) is 1.07. The molecule has 1 fully saturated rings. The van der Waals surface area contributed by atoms with Crippen molar-refractivity contribution in [2.24, 2.45) is 0 Å². The second kappa shape index (κ2) is 10.1. The van der Waals surface area contributed by atoms with Gasteiger partial charge in [-0.2, -0.15) is 4.31 Å². The van der Waals surface area contributed by atoms with Gasteiger partial charge in [0, 0.05) is 18.8 Å². The van der Waals surface area contributed by atoms with E-state index in [1.807, 2.05) is 30.3 Å². The molecule has 0 unspecified atom stereocenters. The van der Waals surface area contributed by atoms with Gasteiger partial charge in [0.25, 0.3) is 0 Å². The van der Waals surface area contributed by atoms with Gasteiger partial charge in [-0.3, -0.25) is 4.79 Å². The summed E-state index contributed by atoms with van der Waals surface area (Å²) >= 11 is 1.50. The first-order valence-corrected chi connectivity index (χ1v) is 12.2. The minimum Gasteiger partial charge on any atom is -0.495 e. The number of methoxy groups -OCH3 is 1. The number of hydrogen-bond donors (Lipinski definition) is 1. The van der Waals surface area contributed by atoms with Crippen LogP contribution in [0.3, 0.4) is 0 Å². The van der Waals surface area contributed by atoms with Crippen LogP contribution >= 0.6 is 11.8 Å². The molecule has 8 heteroatoms. The van der Waals surface area contributed by atoms with Crippen LogP contribution in [0.2, 0.25) is 0 Å². The molecule has 0 saturated carbocycles. The Kier molecular flexibility index (Phi) is 7.57. The molecule has 29 heavy (non-hydrogen) atoms. The van der Waals surface area contributed by atoms with Crippen molar-refractivity contribution in [2.45, 2.75) is 29.9 Å². The number of ether oxygens (including phenoxy) is 1. The van der Waals surface area contributed by atoms with Crippen molar-refractivity contribution in [3.63, 3.8) is 0 Å². The lowest BCUT2D eigenvalue weighted by molar-refractivity contribution is -0.113. The van der Waals surface area contributed by atoms with Gasteiger partial charge in [-0.05, 0) is 36.6 Å². The summed E-state index contributed by atoms with van der Waals surface area (Å²) in [5, 5.41) is 2.80. The van der Waals surface area contributed by atoms with Gasteiger partial charge < -0.3 is 10.1 Å². The van der Waals surface area contributed by atoms with Gasteiger partial charge in [0.05, 0.1) is 23.4 Å². The molecule has 0 radical (unpaired) electrons. The highest BCUT2D eigenvalue weighted by Crippen LogP contribution is 2.30. The van der Waals surface area contributed by atoms with E-state index in [1.54, 1.807) is 6.07 Å². The zero-order chi connectivity index (χ0) is 20.7. The van der Waals surface area contributed by atoms with E-state index in [4.69, 9.17) is 4.74 Å². The number of amides is 1. The zero-order valence-corrected chi connectivity index (χ0v) is 18.1. The van der Waals surface area contributed by atoms with Gasteiger partial charge in [-0.1, -0.05) is 36.8 Å². The summed E-state index contributed by atoms with van der Waals surface area (Å²) in [6.07, 6.45) is 2.80. The first-order chi connectivity index (χ1) is 14.0. The van der Waals surface area contributed by atoms with Crippen molar-refractivity contribution in [2.75, 3.05) is 31.3 Å². The highest BCUT2D eigenvalue weighted by atomic mass is 32.2. The van der Waals surface area contributed by atoms with Gasteiger partial charge >= 0.3 is 0 Å². The predicted molar refractivity (Wildman–Crippen MR) is 117 cm³/mol. The highest BCUT2D eigenvalue weighted by Gasteiger charge is 2.27. The van der Waals surface area contributed by atoms with E-state index >= 15 is 0 Å². The number of carbonyl (C=O) groups is 1. The number of anilines is 1. The Morgan fingerprint density at radius 3 is 2.52 bits per heavy atom. The van der Waals surface area contributed by atoms with E-state index in [1.165, 1.54) is 35.3 Å². The molecule has 2 aromatic carbocycles. The fourth-order valence-corrected chi connectivity index (χ4v) is 5.55. The number of hydrogen-bond acceptors (Lipinski definition) is 5. The summed E-state index contributed by atoms with van der Waals surface area (Å²) in [4.78, 5) is 12.6. The lowest BCUT2D eigenvalue weighted by Crippen LogP contribution is -2.35. The molecule has 1 heterocycles. The van der Waals surface area contributed by atoms with Crippen LogP contribution in [0.1, 0.15) is 24.8 Å². The number of rotatable bonds is 8. The van der Waals surface area contributed by atoms with Gasteiger partial charge in [0.15, 0.2) is 0 Å². The first-order valence-electron chi connectivity index (χ1n) is 9.60. The second-order valence-electron chi connectivity index (χ2n) is 6.85. The molecule has 0 aliphatic carbocycles. The molecular formula is C21H26N2O4S2. The fourth-order valence-electron chi connectivity index (χ4n) is 3.22. The predicted octanol–water partition coefficient (Wildman–Crippen LogP) is 3.74.